The van der Waals surface area contributed by atoms with Crippen LogP contribution in [0.25, 0.3) is 0 Å². The Morgan fingerprint density at radius 1 is 1.55 bits per heavy atom. The number of nitrogens with zero attached hydrogens (tertiary/aromatic N) is 1. The first-order chi connectivity index (χ1) is 5.11. The lowest BCUT2D eigenvalue weighted by Crippen LogP contribution is -2.05. The third kappa shape index (κ3) is 1.96. The quantitative estimate of drug-likeness (QED) is 0.828. The standard InChI is InChI=1S/C7H11BrN2O/c1-4(2)11-7-6(8)5(3)9-10-7/h4H,1-3H3,(H,9,10). The van der Waals surface area contributed by atoms with Gasteiger partial charge in [0, 0.05) is 0 Å². The van der Waals surface area contributed by atoms with Gasteiger partial charge in [0.05, 0.1) is 11.8 Å². The van der Waals surface area contributed by atoms with E-state index in [9.17, 15) is 0 Å². The predicted octanol–water partition coefficient (Wildman–Crippen LogP) is 2.27. The molecule has 0 saturated heterocycles. The molecule has 0 aliphatic rings. The van der Waals surface area contributed by atoms with E-state index >= 15 is 0 Å². The van der Waals surface area contributed by atoms with Gasteiger partial charge in [-0.3, -0.25) is 5.10 Å². The number of aromatic amines is 1. The summed E-state index contributed by atoms with van der Waals surface area (Å²) in [5, 5.41) is 6.78. The highest BCUT2D eigenvalue weighted by atomic mass is 79.9. The molecule has 0 spiro atoms. The van der Waals surface area contributed by atoms with Crippen molar-refractivity contribution in [3.8, 4) is 5.88 Å². The molecule has 3 nitrogen and oxygen atoms in total. The largest absolute Gasteiger partial charge is 0.473 e. The lowest BCUT2D eigenvalue weighted by atomic mass is 10.4. The third-order valence-corrected chi connectivity index (χ3v) is 2.12. The number of nitrogens with one attached hydrogen (secondary N) is 1. The van der Waals surface area contributed by atoms with Gasteiger partial charge in [0.25, 0.3) is 0 Å². The lowest BCUT2D eigenvalue weighted by Gasteiger charge is -2.05. The fraction of sp³-hybridized carbons (Fsp3) is 0.571. The molecule has 0 aliphatic carbocycles. The van der Waals surface area contributed by atoms with Crippen molar-refractivity contribution in [3.05, 3.63) is 10.2 Å². The zero-order valence-corrected chi connectivity index (χ0v) is 8.40. The van der Waals surface area contributed by atoms with E-state index in [1.807, 2.05) is 20.8 Å². The summed E-state index contributed by atoms with van der Waals surface area (Å²) >= 11 is 3.36. The van der Waals surface area contributed by atoms with Crippen molar-refractivity contribution in [1.29, 1.82) is 0 Å². The Hall–Kier alpha value is -0.510. The molecule has 11 heavy (non-hydrogen) atoms. The van der Waals surface area contributed by atoms with Gasteiger partial charge in [0.15, 0.2) is 0 Å². The van der Waals surface area contributed by atoms with Crippen LogP contribution in [0.15, 0.2) is 4.47 Å². The summed E-state index contributed by atoms with van der Waals surface area (Å²) in [5.41, 5.74) is 0.987. The molecule has 0 bridgehead atoms. The van der Waals surface area contributed by atoms with Gasteiger partial charge in [-0.15, -0.1) is 5.10 Å². The van der Waals surface area contributed by atoms with Crippen LogP contribution in [0.5, 0.6) is 5.88 Å². The number of aryl methyl sites for hydroxylation is 1. The summed E-state index contributed by atoms with van der Waals surface area (Å²) in [7, 11) is 0. The van der Waals surface area contributed by atoms with Crippen molar-refractivity contribution in [2.75, 3.05) is 0 Å². The monoisotopic (exact) mass is 218 g/mol. The Bertz CT molecular complexity index is 245. The van der Waals surface area contributed by atoms with Crippen LogP contribution in [0.1, 0.15) is 19.5 Å². The first kappa shape index (κ1) is 8.59. The van der Waals surface area contributed by atoms with E-state index in [0.29, 0.717) is 5.88 Å². The van der Waals surface area contributed by atoms with Gasteiger partial charge in [-0.25, -0.2) is 0 Å². The van der Waals surface area contributed by atoms with E-state index in [0.717, 1.165) is 10.2 Å². The molecular weight excluding hydrogens is 208 g/mol. The Balaban J connectivity index is 2.79. The third-order valence-electron chi connectivity index (χ3n) is 1.19. The van der Waals surface area contributed by atoms with Gasteiger partial charge in [-0.2, -0.15) is 0 Å². The average molecular weight is 219 g/mol. The molecule has 62 valence electrons. The molecule has 1 aromatic heterocycles. The van der Waals surface area contributed by atoms with Gasteiger partial charge < -0.3 is 4.74 Å². The van der Waals surface area contributed by atoms with Gasteiger partial charge in [0.2, 0.25) is 5.88 Å². The minimum absolute atomic E-state index is 0.161. The van der Waals surface area contributed by atoms with Crippen molar-refractivity contribution in [3.63, 3.8) is 0 Å². The number of halogens is 1. The summed E-state index contributed by atoms with van der Waals surface area (Å²) in [5.74, 6) is 0.637. The number of hydrogen-bond acceptors (Lipinski definition) is 2. The minimum Gasteiger partial charge on any atom is -0.473 e. The van der Waals surface area contributed by atoms with Crippen molar-refractivity contribution in [2.45, 2.75) is 26.9 Å². The zero-order chi connectivity index (χ0) is 8.43. The SMILES string of the molecule is Cc1[nH]nc(OC(C)C)c1Br. The Morgan fingerprint density at radius 2 is 2.18 bits per heavy atom. The van der Waals surface area contributed by atoms with Crippen LogP contribution in [0.3, 0.4) is 0 Å². The molecule has 0 unspecified atom stereocenters. The Morgan fingerprint density at radius 3 is 2.55 bits per heavy atom. The summed E-state index contributed by atoms with van der Waals surface area (Å²) in [6.07, 6.45) is 0.161. The highest BCUT2D eigenvalue weighted by molar-refractivity contribution is 9.10. The molecule has 1 aromatic rings. The smallest absolute Gasteiger partial charge is 0.247 e. The fourth-order valence-corrected chi connectivity index (χ4v) is 0.965. The normalized spacial score (nSPS) is 10.6. The van der Waals surface area contributed by atoms with Crippen LogP contribution < -0.4 is 4.74 Å². The van der Waals surface area contributed by atoms with Crippen LogP contribution in [-0.4, -0.2) is 16.3 Å². The maximum absolute atomic E-state index is 5.38. The van der Waals surface area contributed by atoms with Crippen molar-refractivity contribution in [2.24, 2.45) is 0 Å². The second-order valence-corrected chi connectivity index (χ2v) is 3.43. The highest BCUT2D eigenvalue weighted by Gasteiger charge is 2.08. The summed E-state index contributed by atoms with van der Waals surface area (Å²) in [6, 6.07) is 0. The number of hydrogen-bond donors (Lipinski definition) is 1. The van der Waals surface area contributed by atoms with Gasteiger partial charge in [-0.1, -0.05) is 0 Å². The Kier molecular flexibility index (Phi) is 2.54. The van der Waals surface area contributed by atoms with E-state index in [4.69, 9.17) is 4.74 Å². The molecule has 1 rings (SSSR count). The topological polar surface area (TPSA) is 37.9 Å². The molecule has 4 heteroatoms. The molecule has 0 saturated carbocycles. The molecule has 0 amide bonds. The second kappa shape index (κ2) is 3.26. The number of rotatable bonds is 2. The van der Waals surface area contributed by atoms with Crippen molar-refractivity contribution >= 4 is 15.9 Å². The molecule has 0 aliphatic heterocycles. The van der Waals surface area contributed by atoms with Gasteiger partial charge in [0.1, 0.15) is 4.47 Å². The maximum atomic E-state index is 5.38. The predicted molar refractivity (Wildman–Crippen MR) is 46.8 cm³/mol. The highest BCUT2D eigenvalue weighted by Crippen LogP contribution is 2.25. The van der Waals surface area contributed by atoms with Gasteiger partial charge >= 0.3 is 0 Å². The summed E-state index contributed by atoms with van der Waals surface area (Å²) < 4.78 is 6.29. The first-order valence-electron chi connectivity index (χ1n) is 3.48. The van der Waals surface area contributed by atoms with Crippen LogP contribution in [-0.2, 0) is 0 Å². The Labute approximate surface area is 74.3 Å². The van der Waals surface area contributed by atoms with E-state index < -0.39 is 0 Å². The summed E-state index contributed by atoms with van der Waals surface area (Å²) in [4.78, 5) is 0. The number of aromatic nitrogens is 2. The van der Waals surface area contributed by atoms with E-state index in [1.165, 1.54) is 0 Å². The zero-order valence-electron chi connectivity index (χ0n) is 6.81. The van der Waals surface area contributed by atoms with Gasteiger partial charge in [-0.05, 0) is 36.7 Å². The molecule has 1 N–H and O–H groups in total. The van der Waals surface area contributed by atoms with Crippen LogP contribution in [0, 0.1) is 6.92 Å². The molecule has 1 heterocycles. The van der Waals surface area contributed by atoms with Crippen LogP contribution in [0.2, 0.25) is 0 Å². The van der Waals surface area contributed by atoms with Crippen molar-refractivity contribution in [1.82, 2.24) is 10.2 Å². The van der Waals surface area contributed by atoms with Crippen molar-refractivity contribution < 1.29 is 4.74 Å². The van der Waals surface area contributed by atoms with E-state index in [-0.39, 0.29) is 6.10 Å². The maximum Gasteiger partial charge on any atom is 0.247 e. The minimum atomic E-state index is 0.161. The van der Waals surface area contributed by atoms with E-state index in [1.54, 1.807) is 0 Å². The van der Waals surface area contributed by atoms with Crippen LogP contribution >= 0.6 is 15.9 Å². The summed E-state index contributed by atoms with van der Waals surface area (Å²) in [6.45, 7) is 5.87. The average Bonchev–Trinajstić information content (AvgIpc) is 2.18. The first-order valence-corrected chi connectivity index (χ1v) is 4.27. The van der Waals surface area contributed by atoms with Crippen LogP contribution in [0.4, 0.5) is 0 Å². The number of ether oxygens (including phenoxy) is 1. The lowest BCUT2D eigenvalue weighted by molar-refractivity contribution is 0.231. The fourth-order valence-electron chi connectivity index (χ4n) is 0.695. The molecule has 0 atom stereocenters. The second-order valence-electron chi connectivity index (χ2n) is 2.63. The molecule has 0 fully saturated rings. The number of H-pyrrole nitrogens is 1. The molecule has 0 radical (unpaired) electrons. The molecule has 0 aromatic carbocycles. The van der Waals surface area contributed by atoms with E-state index in [2.05, 4.69) is 26.1 Å². The molecular formula is C7H11BrN2O.